The average Bonchev–Trinajstić information content (AvgIpc) is 2.97. The molecule has 1 saturated heterocycles. The van der Waals surface area contributed by atoms with Gasteiger partial charge in [-0.05, 0) is 55.3 Å². The Morgan fingerprint density at radius 3 is 2.37 bits per heavy atom. The standard InChI is InChI=1S/C31H34N6O4/c1-31(2,40)22-10-8-21(9-11-22)29(39)33-26-5-3-4-24(25(26)19-38)28-34-27(35-30(32)36-28)18-20-6-12-23(13-7-20)37-14-16-41-17-15-37/h3-13,38,40H,14-19H2,1-2H3,(H,33,39)(H2,32,34,35,36). The lowest BCUT2D eigenvalue weighted by Crippen LogP contribution is -2.36. The number of benzene rings is 3. The van der Waals surface area contributed by atoms with Crippen molar-refractivity contribution in [1.82, 2.24) is 15.0 Å². The average molecular weight is 555 g/mol. The summed E-state index contributed by atoms with van der Waals surface area (Å²) in [5, 5.41) is 23.3. The molecule has 2 heterocycles. The van der Waals surface area contributed by atoms with Crippen molar-refractivity contribution in [2.75, 3.05) is 42.3 Å². The molecule has 0 atom stereocenters. The van der Waals surface area contributed by atoms with E-state index in [9.17, 15) is 15.0 Å². The lowest BCUT2D eigenvalue weighted by molar-refractivity contribution is 0.0785. The maximum atomic E-state index is 13.0. The summed E-state index contributed by atoms with van der Waals surface area (Å²) in [7, 11) is 0. The number of nitrogens with one attached hydrogen (secondary N) is 1. The van der Waals surface area contributed by atoms with E-state index >= 15 is 0 Å². The van der Waals surface area contributed by atoms with Crippen LogP contribution in [0, 0.1) is 0 Å². The van der Waals surface area contributed by atoms with Crippen molar-refractivity contribution in [3.8, 4) is 11.4 Å². The van der Waals surface area contributed by atoms with Gasteiger partial charge in [-0.1, -0.05) is 36.4 Å². The molecule has 1 fully saturated rings. The number of ether oxygens (including phenoxy) is 1. The number of nitrogens with two attached hydrogens (primary N) is 1. The van der Waals surface area contributed by atoms with E-state index in [1.54, 1.807) is 56.3 Å². The molecule has 1 aliphatic heterocycles. The van der Waals surface area contributed by atoms with Crippen molar-refractivity contribution in [1.29, 1.82) is 0 Å². The monoisotopic (exact) mass is 554 g/mol. The smallest absolute Gasteiger partial charge is 0.255 e. The minimum atomic E-state index is -1.01. The van der Waals surface area contributed by atoms with Crippen LogP contribution in [0.25, 0.3) is 11.4 Å². The zero-order chi connectivity index (χ0) is 29.0. The van der Waals surface area contributed by atoms with Crippen LogP contribution in [0.3, 0.4) is 0 Å². The molecule has 0 aliphatic carbocycles. The zero-order valence-corrected chi connectivity index (χ0v) is 23.2. The molecule has 1 aliphatic rings. The fourth-order valence-corrected chi connectivity index (χ4v) is 4.77. The number of hydrogen-bond acceptors (Lipinski definition) is 9. The molecule has 212 valence electrons. The van der Waals surface area contributed by atoms with Crippen molar-refractivity contribution >= 4 is 23.2 Å². The van der Waals surface area contributed by atoms with Crippen LogP contribution in [0.4, 0.5) is 17.3 Å². The minimum absolute atomic E-state index is 0.0696. The first-order valence-electron chi connectivity index (χ1n) is 13.5. The van der Waals surface area contributed by atoms with Crippen molar-refractivity contribution in [3.05, 3.63) is 94.8 Å². The van der Waals surface area contributed by atoms with Gasteiger partial charge in [0.2, 0.25) is 5.95 Å². The Kier molecular flexibility index (Phi) is 8.25. The van der Waals surface area contributed by atoms with Crippen LogP contribution in [-0.4, -0.2) is 57.4 Å². The fraction of sp³-hybridized carbons (Fsp3) is 0.290. The first kappa shape index (κ1) is 28.2. The summed E-state index contributed by atoms with van der Waals surface area (Å²) >= 11 is 0. The molecular weight excluding hydrogens is 520 g/mol. The molecule has 1 aromatic heterocycles. The Bertz CT molecular complexity index is 1510. The van der Waals surface area contributed by atoms with Gasteiger partial charge < -0.3 is 30.9 Å². The van der Waals surface area contributed by atoms with Crippen LogP contribution in [0.2, 0.25) is 0 Å². The summed E-state index contributed by atoms with van der Waals surface area (Å²) in [4.78, 5) is 28.6. The summed E-state index contributed by atoms with van der Waals surface area (Å²) in [6.07, 6.45) is 0.453. The highest BCUT2D eigenvalue weighted by Gasteiger charge is 2.19. The summed E-state index contributed by atoms with van der Waals surface area (Å²) in [5.41, 5.74) is 9.78. The molecule has 10 nitrogen and oxygen atoms in total. The molecule has 0 spiro atoms. The molecule has 0 saturated carbocycles. The third kappa shape index (κ3) is 6.68. The number of morpholine rings is 1. The number of amides is 1. The third-order valence-electron chi connectivity index (χ3n) is 7.05. The number of aliphatic hydroxyl groups is 2. The topological polar surface area (TPSA) is 147 Å². The van der Waals surface area contributed by atoms with Crippen LogP contribution >= 0.6 is 0 Å². The van der Waals surface area contributed by atoms with Gasteiger partial charge in [0.05, 0.1) is 25.4 Å². The van der Waals surface area contributed by atoms with Gasteiger partial charge in [0.25, 0.3) is 5.91 Å². The fourth-order valence-electron chi connectivity index (χ4n) is 4.77. The van der Waals surface area contributed by atoms with E-state index in [2.05, 4.69) is 37.3 Å². The summed E-state index contributed by atoms with van der Waals surface area (Å²) < 4.78 is 5.44. The highest BCUT2D eigenvalue weighted by molar-refractivity contribution is 6.05. The predicted molar refractivity (Wildman–Crippen MR) is 158 cm³/mol. The van der Waals surface area contributed by atoms with Gasteiger partial charge >= 0.3 is 0 Å². The highest BCUT2D eigenvalue weighted by atomic mass is 16.5. The van der Waals surface area contributed by atoms with Crippen LogP contribution in [0.15, 0.2) is 66.7 Å². The van der Waals surface area contributed by atoms with Crippen molar-refractivity contribution in [3.63, 3.8) is 0 Å². The number of carbonyl (C=O) groups is 1. The Morgan fingerprint density at radius 1 is 1.00 bits per heavy atom. The van der Waals surface area contributed by atoms with E-state index in [1.807, 2.05) is 12.1 Å². The second kappa shape index (κ2) is 12.0. The normalized spacial score (nSPS) is 13.7. The Morgan fingerprint density at radius 2 is 1.71 bits per heavy atom. The lowest BCUT2D eigenvalue weighted by atomic mass is 9.97. The molecule has 5 rings (SSSR count). The van der Waals surface area contributed by atoms with E-state index in [0.29, 0.717) is 46.0 Å². The molecule has 1 amide bonds. The second-order valence-corrected chi connectivity index (χ2v) is 10.5. The number of rotatable bonds is 8. The van der Waals surface area contributed by atoms with Gasteiger partial charge in [0.15, 0.2) is 5.82 Å². The van der Waals surface area contributed by atoms with Crippen LogP contribution in [0.1, 0.15) is 46.7 Å². The maximum Gasteiger partial charge on any atom is 0.255 e. The second-order valence-electron chi connectivity index (χ2n) is 10.5. The van der Waals surface area contributed by atoms with E-state index < -0.39 is 5.60 Å². The predicted octanol–water partition coefficient (Wildman–Crippen LogP) is 3.52. The summed E-state index contributed by atoms with van der Waals surface area (Å²) in [6.45, 7) is 6.21. The van der Waals surface area contributed by atoms with Gasteiger partial charge in [-0.25, -0.2) is 4.98 Å². The van der Waals surface area contributed by atoms with Crippen LogP contribution in [0.5, 0.6) is 0 Å². The Labute approximate surface area is 238 Å². The van der Waals surface area contributed by atoms with Crippen LogP contribution < -0.4 is 16.0 Å². The zero-order valence-electron chi connectivity index (χ0n) is 23.2. The van der Waals surface area contributed by atoms with E-state index in [1.165, 1.54) is 0 Å². The Balaban J connectivity index is 1.36. The number of anilines is 3. The highest BCUT2D eigenvalue weighted by Crippen LogP contribution is 2.29. The maximum absolute atomic E-state index is 13.0. The lowest BCUT2D eigenvalue weighted by Gasteiger charge is -2.28. The summed E-state index contributed by atoms with van der Waals surface area (Å²) in [6, 6.07) is 20.2. The number of carbonyl (C=O) groups excluding carboxylic acids is 1. The van der Waals surface area contributed by atoms with E-state index in [-0.39, 0.29) is 18.5 Å². The van der Waals surface area contributed by atoms with Crippen molar-refractivity contribution in [2.45, 2.75) is 32.5 Å². The first-order chi connectivity index (χ1) is 19.7. The van der Waals surface area contributed by atoms with E-state index in [0.717, 1.165) is 37.6 Å². The number of hydrogen-bond donors (Lipinski definition) is 4. The Hall–Kier alpha value is -4.38. The SMILES string of the molecule is CC(C)(O)c1ccc(C(=O)Nc2cccc(-c3nc(N)nc(Cc4ccc(N5CCOCC5)cc4)n3)c2CO)cc1. The number of aromatic nitrogens is 3. The van der Waals surface area contributed by atoms with Crippen molar-refractivity contribution in [2.24, 2.45) is 0 Å². The molecule has 10 heteroatoms. The largest absolute Gasteiger partial charge is 0.392 e. The van der Waals surface area contributed by atoms with Crippen molar-refractivity contribution < 1.29 is 19.7 Å². The van der Waals surface area contributed by atoms with Crippen LogP contribution in [-0.2, 0) is 23.4 Å². The molecule has 4 aromatic rings. The van der Waals surface area contributed by atoms with Gasteiger partial charge in [-0.3, -0.25) is 4.79 Å². The third-order valence-corrected chi connectivity index (χ3v) is 7.05. The number of nitrogens with zero attached hydrogens (tertiary/aromatic N) is 4. The van der Waals surface area contributed by atoms with Gasteiger partial charge in [-0.2, -0.15) is 9.97 Å². The molecule has 5 N–H and O–H groups in total. The van der Waals surface area contributed by atoms with Gasteiger partial charge in [-0.15, -0.1) is 0 Å². The van der Waals surface area contributed by atoms with E-state index in [4.69, 9.17) is 10.5 Å². The summed E-state index contributed by atoms with van der Waals surface area (Å²) in [5.74, 6) is 0.527. The van der Waals surface area contributed by atoms with Gasteiger partial charge in [0.1, 0.15) is 5.82 Å². The molecule has 0 radical (unpaired) electrons. The quantitative estimate of drug-likeness (QED) is 0.257. The first-order valence-corrected chi connectivity index (χ1v) is 13.5. The molecule has 0 unspecified atom stereocenters. The van der Waals surface area contributed by atoms with Gasteiger partial charge in [0, 0.05) is 47.6 Å². The minimum Gasteiger partial charge on any atom is -0.392 e. The number of nitrogen functional groups attached to an aromatic ring is 1. The molecule has 41 heavy (non-hydrogen) atoms. The molecular formula is C31H34N6O4. The molecule has 0 bridgehead atoms. The number of aliphatic hydroxyl groups excluding tert-OH is 1. The molecule has 3 aromatic carbocycles.